The summed E-state index contributed by atoms with van der Waals surface area (Å²) in [4.78, 5) is 13.1. The van der Waals surface area contributed by atoms with Crippen molar-refractivity contribution in [2.24, 2.45) is 11.3 Å². The van der Waals surface area contributed by atoms with E-state index in [1.807, 2.05) is 43.3 Å². The van der Waals surface area contributed by atoms with Crippen molar-refractivity contribution in [2.75, 3.05) is 6.61 Å². The molecule has 2 aromatic carbocycles. The van der Waals surface area contributed by atoms with Crippen LogP contribution in [0.2, 0.25) is 18.1 Å². The number of ether oxygens (including phenoxy) is 2. The molecule has 0 saturated carbocycles. The zero-order valence-electron chi connectivity index (χ0n) is 24.0. The van der Waals surface area contributed by atoms with E-state index in [1.165, 1.54) is 0 Å². The second kappa shape index (κ2) is 13.0. The largest absolute Gasteiger partial charge is 0.466 e. The predicted molar refractivity (Wildman–Crippen MR) is 151 cm³/mol. The van der Waals surface area contributed by atoms with Crippen LogP contribution < -0.4 is 0 Å². The number of esters is 1. The molecule has 0 fully saturated rings. The van der Waals surface area contributed by atoms with E-state index in [9.17, 15) is 4.79 Å². The SMILES string of the molecule is CCOC(=O)[C@H](C[C@@H](OCc1ccccc1)[C@@H](O[Si](C)(C)C(C)(C)C)c1ccccc1)CC(C)(C)C. The van der Waals surface area contributed by atoms with Gasteiger partial charge in [-0.25, -0.2) is 0 Å². The first-order chi connectivity index (χ1) is 16.7. The summed E-state index contributed by atoms with van der Waals surface area (Å²) in [5.74, 6) is -0.431. The monoisotopic (exact) mass is 512 g/mol. The summed E-state index contributed by atoms with van der Waals surface area (Å²) < 4.78 is 19.3. The van der Waals surface area contributed by atoms with Crippen LogP contribution in [0.4, 0.5) is 0 Å². The molecule has 0 N–H and O–H groups in total. The third-order valence-corrected chi connectivity index (χ3v) is 11.5. The van der Waals surface area contributed by atoms with Crippen LogP contribution in [0.5, 0.6) is 0 Å². The summed E-state index contributed by atoms with van der Waals surface area (Å²) >= 11 is 0. The Labute approximate surface area is 220 Å². The number of rotatable bonds is 12. The summed E-state index contributed by atoms with van der Waals surface area (Å²) in [6.07, 6.45) is 0.668. The summed E-state index contributed by atoms with van der Waals surface area (Å²) in [6, 6.07) is 20.5. The van der Waals surface area contributed by atoms with E-state index in [2.05, 4.69) is 78.9 Å². The summed E-state index contributed by atoms with van der Waals surface area (Å²) in [5, 5.41) is 0.0377. The molecule has 0 unspecified atom stereocenters. The van der Waals surface area contributed by atoms with Gasteiger partial charge in [0.15, 0.2) is 8.32 Å². The zero-order chi connectivity index (χ0) is 27.0. The fourth-order valence-corrected chi connectivity index (χ4v) is 5.37. The van der Waals surface area contributed by atoms with Gasteiger partial charge in [0.1, 0.15) is 0 Å². The highest BCUT2D eigenvalue weighted by molar-refractivity contribution is 6.74. The molecule has 2 rings (SSSR count). The van der Waals surface area contributed by atoms with E-state index in [0.29, 0.717) is 19.6 Å². The minimum absolute atomic E-state index is 0.0239. The number of carbonyl (C=O) groups excluding carboxylic acids is 1. The zero-order valence-corrected chi connectivity index (χ0v) is 25.0. The van der Waals surface area contributed by atoms with Crippen molar-refractivity contribution in [1.29, 1.82) is 0 Å². The van der Waals surface area contributed by atoms with Crippen molar-refractivity contribution in [3.63, 3.8) is 0 Å². The summed E-state index contributed by atoms with van der Waals surface area (Å²) in [7, 11) is -2.16. The summed E-state index contributed by atoms with van der Waals surface area (Å²) in [6.45, 7) is 20.5. The Balaban J connectivity index is 2.50. The molecule has 0 spiro atoms. The normalized spacial score (nSPS) is 15.2. The van der Waals surface area contributed by atoms with Crippen molar-refractivity contribution in [3.8, 4) is 0 Å². The third-order valence-electron chi connectivity index (χ3n) is 7.00. The standard InChI is InChI=1S/C31H48O4Si/c1-10-33-29(32)26(22-30(2,3)4)21-27(34-23-24-17-13-11-14-18-24)28(25-19-15-12-16-20-25)35-36(8,9)31(5,6)7/h11-20,26-28H,10,21-23H2,1-9H3/t26-,27-,28+/m1/s1. The minimum Gasteiger partial charge on any atom is -0.466 e. The Bertz CT molecular complexity index is 913. The lowest BCUT2D eigenvalue weighted by atomic mass is 9.81. The first-order valence-corrected chi connectivity index (χ1v) is 16.2. The molecule has 0 aliphatic rings. The lowest BCUT2D eigenvalue weighted by molar-refractivity contribution is -0.152. The second-order valence-electron chi connectivity index (χ2n) is 12.5. The first-order valence-electron chi connectivity index (χ1n) is 13.3. The van der Waals surface area contributed by atoms with Gasteiger partial charge in [-0.3, -0.25) is 4.79 Å². The van der Waals surface area contributed by atoms with Crippen LogP contribution in [-0.4, -0.2) is 27.0 Å². The molecule has 0 radical (unpaired) electrons. The van der Waals surface area contributed by atoms with Crippen LogP contribution in [0.25, 0.3) is 0 Å². The van der Waals surface area contributed by atoms with Gasteiger partial charge in [-0.05, 0) is 54.4 Å². The van der Waals surface area contributed by atoms with Gasteiger partial charge < -0.3 is 13.9 Å². The van der Waals surface area contributed by atoms with E-state index < -0.39 is 8.32 Å². The predicted octanol–water partition coefficient (Wildman–Crippen LogP) is 8.34. The molecule has 3 atom stereocenters. The molecule has 200 valence electrons. The van der Waals surface area contributed by atoms with Gasteiger partial charge in [0, 0.05) is 0 Å². The van der Waals surface area contributed by atoms with Gasteiger partial charge in [-0.2, -0.15) is 0 Å². The maximum atomic E-state index is 13.1. The fraction of sp³-hybridized carbons (Fsp3) is 0.581. The van der Waals surface area contributed by atoms with Crippen LogP contribution in [0.3, 0.4) is 0 Å². The molecule has 0 saturated heterocycles. The van der Waals surface area contributed by atoms with E-state index >= 15 is 0 Å². The van der Waals surface area contributed by atoms with E-state index in [0.717, 1.165) is 17.5 Å². The van der Waals surface area contributed by atoms with E-state index in [4.69, 9.17) is 13.9 Å². The maximum absolute atomic E-state index is 13.1. The number of benzene rings is 2. The molecule has 0 aliphatic heterocycles. The third kappa shape index (κ3) is 9.49. The quantitative estimate of drug-likeness (QED) is 0.212. The Kier molecular flexibility index (Phi) is 11.0. The fourth-order valence-electron chi connectivity index (χ4n) is 4.09. The number of hydrogen-bond donors (Lipinski definition) is 0. The average molecular weight is 513 g/mol. The van der Waals surface area contributed by atoms with Crippen molar-refractivity contribution in [3.05, 3.63) is 71.8 Å². The van der Waals surface area contributed by atoms with Crippen LogP contribution >= 0.6 is 0 Å². The van der Waals surface area contributed by atoms with Crippen molar-refractivity contribution in [1.82, 2.24) is 0 Å². The first kappa shape index (κ1) is 30.3. The van der Waals surface area contributed by atoms with Crippen LogP contribution in [0, 0.1) is 11.3 Å². The van der Waals surface area contributed by atoms with Crippen molar-refractivity contribution < 1.29 is 18.7 Å². The molecule has 36 heavy (non-hydrogen) atoms. The molecule has 2 aromatic rings. The van der Waals surface area contributed by atoms with E-state index in [1.54, 1.807) is 0 Å². The number of carbonyl (C=O) groups is 1. The van der Waals surface area contributed by atoms with Crippen molar-refractivity contribution in [2.45, 2.75) is 98.3 Å². The summed E-state index contributed by atoms with van der Waals surface area (Å²) in [5.41, 5.74) is 2.16. The van der Waals surface area contributed by atoms with Crippen LogP contribution in [-0.2, 0) is 25.3 Å². The lowest BCUT2D eigenvalue weighted by Gasteiger charge is -2.42. The molecule has 0 amide bonds. The average Bonchev–Trinajstić information content (AvgIpc) is 2.79. The molecule has 5 heteroatoms. The molecular weight excluding hydrogens is 464 g/mol. The van der Waals surface area contributed by atoms with Gasteiger partial charge in [0.25, 0.3) is 0 Å². The minimum atomic E-state index is -2.16. The highest BCUT2D eigenvalue weighted by Crippen LogP contribution is 2.42. The van der Waals surface area contributed by atoms with Gasteiger partial charge in [0.2, 0.25) is 0 Å². The highest BCUT2D eigenvalue weighted by Gasteiger charge is 2.42. The topological polar surface area (TPSA) is 44.8 Å². The number of hydrogen-bond acceptors (Lipinski definition) is 4. The Morgan fingerprint density at radius 1 is 0.889 bits per heavy atom. The molecule has 0 aliphatic carbocycles. The second-order valence-corrected chi connectivity index (χ2v) is 17.3. The van der Waals surface area contributed by atoms with Gasteiger partial charge in [0.05, 0.1) is 31.3 Å². The molecular formula is C31H48O4Si. The highest BCUT2D eigenvalue weighted by atomic mass is 28.4. The van der Waals surface area contributed by atoms with Gasteiger partial charge >= 0.3 is 5.97 Å². The Morgan fingerprint density at radius 2 is 1.44 bits per heavy atom. The Morgan fingerprint density at radius 3 is 1.94 bits per heavy atom. The smallest absolute Gasteiger partial charge is 0.309 e. The van der Waals surface area contributed by atoms with E-state index in [-0.39, 0.29) is 34.5 Å². The van der Waals surface area contributed by atoms with Gasteiger partial charge in [-0.15, -0.1) is 0 Å². The van der Waals surface area contributed by atoms with Crippen molar-refractivity contribution >= 4 is 14.3 Å². The maximum Gasteiger partial charge on any atom is 0.309 e. The Hall–Kier alpha value is -1.95. The molecule has 0 aromatic heterocycles. The molecule has 0 bridgehead atoms. The van der Waals surface area contributed by atoms with Crippen LogP contribution in [0.1, 0.15) is 78.5 Å². The molecule has 4 nitrogen and oxygen atoms in total. The molecule has 0 heterocycles. The van der Waals surface area contributed by atoms with Gasteiger partial charge in [-0.1, -0.05) is 102 Å². The lowest BCUT2D eigenvalue weighted by Crippen LogP contribution is -2.45. The van der Waals surface area contributed by atoms with Crippen LogP contribution in [0.15, 0.2) is 60.7 Å².